The van der Waals surface area contributed by atoms with E-state index in [9.17, 15) is 9.59 Å². The number of para-hydroxylation sites is 1. The summed E-state index contributed by atoms with van der Waals surface area (Å²) in [5.74, 6) is -0.0859. The van der Waals surface area contributed by atoms with Gasteiger partial charge in [-0.1, -0.05) is 18.2 Å². The zero-order chi connectivity index (χ0) is 14.7. The van der Waals surface area contributed by atoms with Crippen LogP contribution in [0.5, 0.6) is 0 Å². The first-order valence-corrected chi connectivity index (χ1v) is 6.67. The van der Waals surface area contributed by atoms with E-state index in [0.29, 0.717) is 12.2 Å². The minimum atomic E-state index is -0.398. The lowest BCUT2D eigenvalue weighted by molar-refractivity contribution is -0.121. The number of pyridine rings is 1. The highest BCUT2D eigenvalue weighted by atomic mass is 16.2. The van der Waals surface area contributed by atoms with Crippen molar-refractivity contribution in [1.82, 2.24) is 9.88 Å². The Morgan fingerprint density at radius 3 is 2.75 bits per heavy atom. The molecule has 0 aliphatic carbocycles. The van der Waals surface area contributed by atoms with Crippen LogP contribution in [0.3, 0.4) is 0 Å². The van der Waals surface area contributed by atoms with Crippen LogP contribution in [0.25, 0.3) is 10.9 Å². The summed E-state index contributed by atoms with van der Waals surface area (Å²) in [5.41, 5.74) is 1.42. The van der Waals surface area contributed by atoms with Crippen molar-refractivity contribution in [3.63, 3.8) is 0 Å². The molecule has 1 aromatic carbocycles. The number of carbonyl (C=O) groups is 1. The fraction of sp³-hybridized carbons (Fsp3) is 0.333. The Morgan fingerprint density at radius 2 is 2.05 bits per heavy atom. The lowest BCUT2D eigenvalue weighted by Crippen LogP contribution is -2.37. The lowest BCUT2D eigenvalue weighted by atomic mass is 10.1. The number of hydrogen-bond donors (Lipinski definition) is 2. The summed E-state index contributed by atoms with van der Waals surface area (Å²) < 4.78 is 1.59. The maximum absolute atomic E-state index is 12.0. The molecule has 1 atom stereocenters. The van der Waals surface area contributed by atoms with E-state index in [1.54, 1.807) is 18.5 Å². The summed E-state index contributed by atoms with van der Waals surface area (Å²) in [6.45, 7) is 4.23. The van der Waals surface area contributed by atoms with Crippen LogP contribution in [-0.4, -0.2) is 23.1 Å². The number of amides is 1. The predicted octanol–water partition coefficient (Wildman–Crippen LogP) is 1.47. The standard InChI is InChI=1S/C15H19N3O2/c1-4-16-15(20)10(2)17-12-9-14(19)18(3)13-8-6-5-7-11(12)13/h5-10,17H,4H2,1-3H3,(H,16,20). The van der Waals surface area contributed by atoms with Gasteiger partial charge >= 0.3 is 0 Å². The van der Waals surface area contributed by atoms with Gasteiger partial charge in [0.15, 0.2) is 0 Å². The van der Waals surface area contributed by atoms with E-state index in [0.717, 1.165) is 10.9 Å². The quantitative estimate of drug-likeness (QED) is 0.887. The molecule has 5 nitrogen and oxygen atoms in total. The number of nitrogens with one attached hydrogen (secondary N) is 2. The minimum absolute atomic E-state index is 0.0859. The first-order valence-electron chi connectivity index (χ1n) is 6.67. The number of benzene rings is 1. The smallest absolute Gasteiger partial charge is 0.252 e. The number of fused-ring (bicyclic) bond motifs is 1. The molecular weight excluding hydrogens is 254 g/mol. The molecular formula is C15H19N3O2. The zero-order valence-corrected chi connectivity index (χ0v) is 11.9. The third-order valence-corrected chi connectivity index (χ3v) is 3.27. The number of rotatable bonds is 4. The number of nitrogens with zero attached hydrogens (tertiary/aromatic N) is 1. The molecule has 5 heteroatoms. The first-order chi connectivity index (χ1) is 9.54. The number of aryl methyl sites for hydroxylation is 1. The lowest BCUT2D eigenvalue weighted by Gasteiger charge is -2.17. The summed E-state index contributed by atoms with van der Waals surface area (Å²) in [5, 5.41) is 6.79. The van der Waals surface area contributed by atoms with Crippen molar-refractivity contribution in [1.29, 1.82) is 0 Å². The van der Waals surface area contributed by atoms with Crippen molar-refractivity contribution < 1.29 is 4.79 Å². The van der Waals surface area contributed by atoms with Gasteiger partial charge in [-0.25, -0.2) is 0 Å². The molecule has 106 valence electrons. The second-order valence-corrected chi connectivity index (χ2v) is 4.73. The second-order valence-electron chi connectivity index (χ2n) is 4.73. The molecule has 2 N–H and O–H groups in total. The Balaban J connectivity index is 2.42. The summed E-state index contributed by atoms with van der Waals surface area (Å²) in [4.78, 5) is 23.7. The molecule has 2 aromatic rings. The average Bonchev–Trinajstić information content (AvgIpc) is 2.44. The first kappa shape index (κ1) is 14.1. The molecule has 1 aromatic heterocycles. The van der Waals surface area contributed by atoms with Crippen molar-refractivity contribution in [2.75, 3.05) is 11.9 Å². The number of hydrogen-bond acceptors (Lipinski definition) is 3. The van der Waals surface area contributed by atoms with E-state index in [-0.39, 0.29) is 11.5 Å². The van der Waals surface area contributed by atoms with E-state index in [2.05, 4.69) is 10.6 Å². The highest BCUT2D eigenvalue weighted by Crippen LogP contribution is 2.21. The van der Waals surface area contributed by atoms with Crippen LogP contribution >= 0.6 is 0 Å². The molecule has 0 saturated carbocycles. The molecule has 20 heavy (non-hydrogen) atoms. The monoisotopic (exact) mass is 273 g/mol. The summed E-state index contributed by atoms with van der Waals surface area (Å²) in [7, 11) is 1.74. The Bertz CT molecular complexity index is 691. The molecule has 1 unspecified atom stereocenters. The van der Waals surface area contributed by atoms with Crippen LogP contribution in [0.15, 0.2) is 35.1 Å². The van der Waals surface area contributed by atoms with Gasteiger partial charge in [-0.3, -0.25) is 9.59 Å². The van der Waals surface area contributed by atoms with Crippen LogP contribution in [0.1, 0.15) is 13.8 Å². The molecule has 0 spiro atoms. The van der Waals surface area contributed by atoms with Crippen molar-refractivity contribution >= 4 is 22.5 Å². The SMILES string of the molecule is CCNC(=O)C(C)Nc1cc(=O)n(C)c2ccccc12. The fourth-order valence-corrected chi connectivity index (χ4v) is 2.16. The highest BCUT2D eigenvalue weighted by Gasteiger charge is 2.14. The zero-order valence-electron chi connectivity index (χ0n) is 11.9. The highest BCUT2D eigenvalue weighted by molar-refractivity contribution is 5.94. The van der Waals surface area contributed by atoms with Crippen molar-refractivity contribution in [2.24, 2.45) is 7.05 Å². The topological polar surface area (TPSA) is 63.1 Å². The van der Waals surface area contributed by atoms with Gasteiger partial charge in [0, 0.05) is 30.7 Å². The Hall–Kier alpha value is -2.30. The molecule has 0 fully saturated rings. The largest absolute Gasteiger partial charge is 0.373 e. The van der Waals surface area contributed by atoms with Crippen molar-refractivity contribution in [3.8, 4) is 0 Å². The van der Waals surface area contributed by atoms with Crippen LogP contribution in [0.4, 0.5) is 5.69 Å². The Kier molecular flexibility index (Phi) is 4.08. The van der Waals surface area contributed by atoms with Crippen LogP contribution in [-0.2, 0) is 11.8 Å². The molecule has 1 heterocycles. The third-order valence-electron chi connectivity index (χ3n) is 3.27. The van der Waals surface area contributed by atoms with E-state index >= 15 is 0 Å². The Labute approximate surface area is 117 Å². The minimum Gasteiger partial charge on any atom is -0.373 e. The maximum atomic E-state index is 12.0. The second kappa shape index (κ2) is 5.77. The van der Waals surface area contributed by atoms with Crippen LogP contribution in [0, 0.1) is 0 Å². The van der Waals surface area contributed by atoms with Crippen molar-refractivity contribution in [3.05, 3.63) is 40.7 Å². The van der Waals surface area contributed by atoms with E-state index in [1.807, 2.05) is 31.2 Å². The van der Waals surface area contributed by atoms with Gasteiger partial charge in [0.2, 0.25) is 5.91 Å². The van der Waals surface area contributed by atoms with Gasteiger partial charge < -0.3 is 15.2 Å². The molecule has 0 bridgehead atoms. The molecule has 0 radical (unpaired) electrons. The van der Waals surface area contributed by atoms with E-state index < -0.39 is 6.04 Å². The summed E-state index contributed by atoms with van der Waals surface area (Å²) in [6.07, 6.45) is 0. The Morgan fingerprint density at radius 1 is 1.35 bits per heavy atom. The predicted molar refractivity (Wildman–Crippen MR) is 81.0 cm³/mol. The normalized spacial score (nSPS) is 12.2. The van der Waals surface area contributed by atoms with E-state index in [4.69, 9.17) is 0 Å². The van der Waals surface area contributed by atoms with Gasteiger partial charge in [0.25, 0.3) is 5.56 Å². The summed E-state index contributed by atoms with van der Waals surface area (Å²) >= 11 is 0. The van der Waals surface area contributed by atoms with Crippen molar-refractivity contribution in [2.45, 2.75) is 19.9 Å². The van der Waals surface area contributed by atoms with Gasteiger partial charge in [-0.05, 0) is 19.9 Å². The molecule has 0 aliphatic heterocycles. The maximum Gasteiger partial charge on any atom is 0.252 e. The van der Waals surface area contributed by atoms with Crippen LogP contribution < -0.4 is 16.2 Å². The molecule has 1 amide bonds. The van der Waals surface area contributed by atoms with Gasteiger partial charge in [0.1, 0.15) is 6.04 Å². The molecule has 2 rings (SSSR count). The average molecular weight is 273 g/mol. The van der Waals surface area contributed by atoms with E-state index in [1.165, 1.54) is 6.07 Å². The number of anilines is 1. The van der Waals surface area contributed by atoms with Gasteiger partial charge in [-0.2, -0.15) is 0 Å². The molecule has 0 saturated heterocycles. The number of carbonyl (C=O) groups excluding carboxylic acids is 1. The van der Waals surface area contributed by atoms with Gasteiger partial charge in [0.05, 0.1) is 5.52 Å². The number of likely N-dealkylation sites (N-methyl/N-ethyl adjacent to an activating group) is 1. The third kappa shape index (κ3) is 2.66. The van der Waals surface area contributed by atoms with Gasteiger partial charge in [-0.15, -0.1) is 0 Å². The fourth-order valence-electron chi connectivity index (χ4n) is 2.16. The molecule has 0 aliphatic rings. The number of aromatic nitrogens is 1. The van der Waals surface area contributed by atoms with Crippen LogP contribution in [0.2, 0.25) is 0 Å². The summed E-state index contributed by atoms with van der Waals surface area (Å²) in [6, 6.07) is 8.75.